The first-order valence-electron chi connectivity index (χ1n) is 11.7. The number of aromatic amines is 1. The molecular weight excluding hydrogens is 500 g/mol. The summed E-state index contributed by atoms with van der Waals surface area (Å²) in [4.78, 5) is 68.2. The predicted molar refractivity (Wildman–Crippen MR) is 133 cm³/mol. The molecule has 1 aromatic carbocycles. The fourth-order valence-electron chi connectivity index (χ4n) is 3.51. The molecule has 206 valence electrons. The summed E-state index contributed by atoms with van der Waals surface area (Å²) >= 11 is 0. The highest BCUT2D eigenvalue weighted by Crippen LogP contribution is 2.11. The van der Waals surface area contributed by atoms with Crippen LogP contribution in [-0.2, 0) is 36.8 Å². The van der Waals surface area contributed by atoms with Crippen LogP contribution in [0.15, 0.2) is 36.8 Å². The number of benzene rings is 1. The number of hydrogen-bond donors (Lipinski definition) is 8. The second-order valence-electron chi connectivity index (χ2n) is 9.05. The first-order chi connectivity index (χ1) is 17.9. The normalized spacial score (nSPS) is 14.1. The smallest absolute Gasteiger partial charge is 0.326 e. The molecular formula is C24H32N6O8. The van der Waals surface area contributed by atoms with Gasteiger partial charge in [0.25, 0.3) is 0 Å². The number of phenolic OH excluding ortho intramolecular Hbond substituents is 1. The number of carboxylic acid groups (broad SMARTS) is 2. The van der Waals surface area contributed by atoms with E-state index in [1.807, 2.05) is 0 Å². The molecule has 4 atom stereocenters. The molecule has 14 nitrogen and oxygen atoms in total. The number of nitrogens with zero attached hydrogens (tertiary/aromatic N) is 1. The number of carbonyl (C=O) groups excluding carboxylic acids is 3. The number of phenols is 1. The highest BCUT2D eigenvalue weighted by Gasteiger charge is 2.32. The second-order valence-corrected chi connectivity index (χ2v) is 9.05. The van der Waals surface area contributed by atoms with Crippen molar-refractivity contribution >= 4 is 29.7 Å². The lowest BCUT2D eigenvalue weighted by Gasteiger charge is -2.25. The van der Waals surface area contributed by atoms with Crippen molar-refractivity contribution in [2.45, 2.75) is 57.3 Å². The molecule has 0 saturated carbocycles. The number of carboxylic acids is 2. The summed E-state index contributed by atoms with van der Waals surface area (Å²) in [6.45, 7) is 3.11. The number of aromatic hydroxyl groups is 1. The molecule has 0 radical (unpaired) electrons. The summed E-state index contributed by atoms with van der Waals surface area (Å²) in [5, 5.41) is 35.1. The third-order valence-corrected chi connectivity index (χ3v) is 5.58. The van der Waals surface area contributed by atoms with Crippen molar-refractivity contribution in [1.29, 1.82) is 0 Å². The van der Waals surface area contributed by atoms with E-state index in [9.17, 15) is 39.3 Å². The second kappa shape index (κ2) is 13.7. The number of imidazole rings is 1. The van der Waals surface area contributed by atoms with Crippen LogP contribution in [0.4, 0.5) is 0 Å². The van der Waals surface area contributed by atoms with E-state index >= 15 is 0 Å². The van der Waals surface area contributed by atoms with Crippen LogP contribution in [-0.4, -0.2) is 79.1 Å². The summed E-state index contributed by atoms with van der Waals surface area (Å²) in [5.74, 6) is -5.78. The van der Waals surface area contributed by atoms with Crippen LogP contribution >= 0.6 is 0 Å². The topological polar surface area (TPSA) is 237 Å². The van der Waals surface area contributed by atoms with Gasteiger partial charge in [0.1, 0.15) is 23.9 Å². The molecule has 1 aromatic heterocycles. The number of rotatable bonds is 14. The molecule has 2 rings (SSSR count). The fourth-order valence-corrected chi connectivity index (χ4v) is 3.51. The van der Waals surface area contributed by atoms with Gasteiger partial charge in [-0.05, 0) is 30.0 Å². The third-order valence-electron chi connectivity index (χ3n) is 5.58. The number of nitrogens with one attached hydrogen (secondary N) is 4. The molecule has 0 bridgehead atoms. The maximum absolute atomic E-state index is 13.2. The fraction of sp³-hybridized carbons (Fsp3) is 0.417. The van der Waals surface area contributed by atoms with Crippen molar-refractivity contribution in [3.63, 3.8) is 0 Å². The van der Waals surface area contributed by atoms with Crippen LogP contribution in [0.2, 0.25) is 0 Å². The Morgan fingerprint density at radius 2 is 1.53 bits per heavy atom. The molecule has 38 heavy (non-hydrogen) atoms. The standard InChI is InChI=1S/C24H32N6O8/c1-12(2)20(24(37)38)30-23(36)18(9-19(32)33)29-22(35)17(8-14-10-26-11-27-14)28-21(34)16(25)7-13-3-5-15(31)6-4-13/h3-6,10-12,16-18,20,31H,7-9,25H2,1-2H3,(H,26,27)(H,28,34)(H,29,35)(H,30,36)(H,32,33)(H,37,38). The lowest BCUT2D eigenvalue weighted by Crippen LogP contribution is -2.58. The number of hydrogen-bond acceptors (Lipinski definition) is 8. The number of nitrogens with two attached hydrogens (primary N) is 1. The van der Waals surface area contributed by atoms with Gasteiger partial charge < -0.3 is 42.0 Å². The van der Waals surface area contributed by atoms with Gasteiger partial charge in [-0.25, -0.2) is 9.78 Å². The predicted octanol–water partition coefficient (Wildman–Crippen LogP) is -1.10. The van der Waals surface area contributed by atoms with Gasteiger partial charge in [0, 0.05) is 18.3 Å². The SMILES string of the molecule is CC(C)C(NC(=O)C(CC(=O)O)NC(=O)C(Cc1cnc[nH]1)NC(=O)C(N)Cc1ccc(O)cc1)C(=O)O. The van der Waals surface area contributed by atoms with Crippen LogP contribution in [0.25, 0.3) is 0 Å². The molecule has 3 amide bonds. The van der Waals surface area contributed by atoms with Gasteiger partial charge >= 0.3 is 11.9 Å². The largest absolute Gasteiger partial charge is 0.508 e. The van der Waals surface area contributed by atoms with Crippen molar-refractivity contribution in [3.05, 3.63) is 48.0 Å². The highest BCUT2D eigenvalue weighted by atomic mass is 16.4. The van der Waals surface area contributed by atoms with E-state index in [0.29, 0.717) is 11.3 Å². The van der Waals surface area contributed by atoms with Gasteiger partial charge in [-0.2, -0.15) is 0 Å². The maximum Gasteiger partial charge on any atom is 0.326 e. The Balaban J connectivity index is 2.18. The van der Waals surface area contributed by atoms with Crippen molar-refractivity contribution in [3.8, 4) is 5.75 Å². The number of H-pyrrole nitrogens is 1. The molecule has 0 aliphatic heterocycles. The molecule has 0 spiro atoms. The molecule has 4 unspecified atom stereocenters. The van der Waals surface area contributed by atoms with Crippen molar-refractivity contribution in [2.75, 3.05) is 0 Å². The molecule has 9 N–H and O–H groups in total. The Bertz CT molecular complexity index is 1120. The van der Waals surface area contributed by atoms with Gasteiger partial charge in [-0.15, -0.1) is 0 Å². The Labute approximate surface area is 218 Å². The van der Waals surface area contributed by atoms with Crippen LogP contribution < -0.4 is 21.7 Å². The monoisotopic (exact) mass is 532 g/mol. The van der Waals surface area contributed by atoms with Crippen molar-refractivity contribution in [2.24, 2.45) is 11.7 Å². The average Bonchev–Trinajstić information content (AvgIpc) is 3.35. The molecule has 0 saturated heterocycles. The van der Waals surface area contributed by atoms with Crippen molar-refractivity contribution < 1.29 is 39.3 Å². The van der Waals surface area contributed by atoms with Crippen LogP contribution in [0, 0.1) is 5.92 Å². The Morgan fingerprint density at radius 3 is 2.05 bits per heavy atom. The Hall–Kier alpha value is -4.46. The van der Waals surface area contributed by atoms with E-state index in [2.05, 4.69) is 25.9 Å². The van der Waals surface area contributed by atoms with E-state index in [4.69, 9.17) is 5.73 Å². The summed E-state index contributed by atoms with van der Waals surface area (Å²) in [5.41, 5.74) is 7.14. The van der Waals surface area contributed by atoms with Gasteiger partial charge in [-0.3, -0.25) is 19.2 Å². The zero-order chi connectivity index (χ0) is 28.4. The number of aromatic nitrogens is 2. The van der Waals surface area contributed by atoms with Crippen LogP contribution in [0.5, 0.6) is 5.75 Å². The number of carbonyl (C=O) groups is 5. The maximum atomic E-state index is 13.2. The third kappa shape index (κ3) is 9.20. The Morgan fingerprint density at radius 1 is 0.921 bits per heavy atom. The van der Waals surface area contributed by atoms with E-state index in [1.54, 1.807) is 26.0 Å². The first kappa shape index (κ1) is 29.8. The minimum Gasteiger partial charge on any atom is -0.508 e. The van der Waals surface area contributed by atoms with E-state index in [-0.39, 0.29) is 18.6 Å². The van der Waals surface area contributed by atoms with Gasteiger partial charge in [-0.1, -0.05) is 26.0 Å². The minimum absolute atomic E-state index is 0.0473. The molecule has 0 aliphatic rings. The lowest BCUT2D eigenvalue weighted by molar-refractivity contribution is -0.144. The summed E-state index contributed by atoms with van der Waals surface area (Å²) in [7, 11) is 0. The zero-order valence-electron chi connectivity index (χ0n) is 20.9. The van der Waals surface area contributed by atoms with Gasteiger partial charge in [0.05, 0.1) is 18.8 Å². The molecule has 0 aliphatic carbocycles. The van der Waals surface area contributed by atoms with E-state index in [1.165, 1.54) is 24.7 Å². The molecule has 0 fully saturated rings. The molecule has 14 heteroatoms. The zero-order valence-corrected chi connectivity index (χ0v) is 20.9. The number of amides is 3. The highest BCUT2D eigenvalue weighted by molar-refractivity contribution is 5.95. The summed E-state index contributed by atoms with van der Waals surface area (Å²) in [6.07, 6.45) is 1.97. The van der Waals surface area contributed by atoms with Gasteiger partial charge in [0.15, 0.2) is 0 Å². The van der Waals surface area contributed by atoms with Crippen molar-refractivity contribution in [1.82, 2.24) is 25.9 Å². The first-order valence-corrected chi connectivity index (χ1v) is 11.7. The number of aliphatic carboxylic acids is 2. The van der Waals surface area contributed by atoms with Gasteiger partial charge in [0.2, 0.25) is 17.7 Å². The summed E-state index contributed by atoms with van der Waals surface area (Å²) < 4.78 is 0. The quantitative estimate of drug-likeness (QED) is 0.146. The van der Waals surface area contributed by atoms with Crippen LogP contribution in [0.3, 0.4) is 0 Å². The molecule has 2 aromatic rings. The summed E-state index contributed by atoms with van der Waals surface area (Å²) in [6, 6.07) is 0.783. The van der Waals surface area contributed by atoms with E-state index < -0.39 is 66.2 Å². The Kier molecular flexibility index (Phi) is 10.8. The minimum atomic E-state index is -1.62. The average molecular weight is 533 g/mol. The molecule has 1 heterocycles. The van der Waals surface area contributed by atoms with Crippen LogP contribution in [0.1, 0.15) is 31.5 Å². The lowest BCUT2D eigenvalue weighted by atomic mass is 10.0. The van der Waals surface area contributed by atoms with E-state index in [0.717, 1.165) is 0 Å².